The predicted octanol–water partition coefficient (Wildman–Crippen LogP) is 5.25. The number of rotatable bonds is 10. The van der Waals surface area contributed by atoms with Gasteiger partial charge in [0.25, 0.3) is 0 Å². The summed E-state index contributed by atoms with van der Waals surface area (Å²) in [4.78, 5) is 34.1. The number of imidazole rings is 1. The van der Waals surface area contributed by atoms with E-state index in [-0.39, 0.29) is 5.92 Å². The van der Waals surface area contributed by atoms with Crippen molar-refractivity contribution >= 4 is 28.7 Å². The summed E-state index contributed by atoms with van der Waals surface area (Å²) in [6.45, 7) is 9.00. The Hall–Kier alpha value is -4.18. The van der Waals surface area contributed by atoms with Crippen LogP contribution in [0.5, 0.6) is 11.5 Å². The van der Waals surface area contributed by atoms with E-state index in [4.69, 9.17) is 14.5 Å². The Bertz CT molecular complexity index is 1540. The van der Waals surface area contributed by atoms with Crippen LogP contribution in [-0.2, 0) is 11.3 Å². The maximum atomic E-state index is 12.6. The number of piperazine rings is 1. The number of ether oxygens (including phenoxy) is 2. The number of carbonyl (C=O) groups excluding carboxylic acids is 1. The van der Waals surface area contributed by atoms with Gasteiger partial charge in [-0.2, -0.15) is 0 Å². The molecule has 10 heteroatoms. The Balaban J connectivity index is 1.18. The van der Waals surface area contributed by atoms with Crippen LogP contribution in [0.2, 0.25) is 0 Å². The Morgan fingerprint density at radius 1 is 1.10 bits per heavy atom. The number of hydrogen-bond donors (Lipinski definition) is 2. The van der Waals surface area contributed by atoms with Crippen molar-refractivity contribution < 1.29 is 14.3 Å². The Kier molecular flexibility index (Phi) is 8.23. The molecular formula is C32H39N7O3. The second-order valence-corrected chi connectivity index (χ2v) is 11.6. The lowest BCUT2D eigenvalue weighted by atomic mass is 9.84. The lowest BCUT2D eigenvalue weighted by Gasteiger charge is -2.38. The van der Waals surface area contributed by atoms with Crippen LogP contribution in [0.4, 0.5) is 11.8 Å². The number of H-pyrrole nitrogens is 1. The van der Waals surface area contributed by atoms with E-state index < -0.39 is 0 Å². The molecule has 2 N–H and O–H groups in total. The Morgan fingerprint density at radius 2 is 1.93 bits per heavy atom. The number of pyridine rings is 2. The van der Waals surface area contributed by atoms with Gasteiger partial charge in [-0.3, -0.25) is 14.7 Å². The molecule has 1 aromatic carbocycles. The normalized spacial score (nSPS) is 16.0. The largest absolute Gasteiger partial charge is 0.494 e. The molecule has 1 saturated carbocycles. The van der Waals surface area contributed by atoms with Crippen molar-refractivity contribution in [3.05, 3.63) is 54.5 Å². The van der Waals surface area contributed by atoms with Gasteiger partial charge in [0.2, 0.25) is 11.9 Å². The molecule has 2 fully saturated rings. The molecule has 220 valence electrons. The first kappa shape index (κ1) is 28.0. The summed E-state index contributed by atoms with van der Waals surface area (Å²) >= 11 is 0. The van der Waals surface area contributed by atoms with Crippen molar-refractivity contribution in [2.24, 2.45) is 11.8 Å². The van der Waals surface area contributed by atoms with Crippen molar-refractivity contribution in [3.63, 3.8) is 0 Å². The van der Waals surface area contributed by atoms with Gasteiger partial charge in [0.05, 0.1) is 25.4 Å². The van der Waals surface area contributed by atoms with Crippen molar-refractivity contribution in [1.29, 1.82) is 0 Å². The first-order chi connectivity index (χ1) is 20.5. The van der Waals surface area contributed by atoms with E-state index in [1.54, 1.807) is 19.5 Å². The second kappa shape index (κ2) is 12.4. The summed E-state index contributed by atoms with van der Waals surface area (Å²) in [6.07, 6.45) is 8.59. The lowest BCUT2D eigenvalue weighted by molar-refractivity contribution is -0.140. The first-order valence-corrected chi connectivity index (χ1v) is 14.9. The van der Waals surface area contributed by atoms with Crippen LogP contribution in [0, 0.1) is 11.8 Å². The van der Waals surface area contributed by atoms with Crippen molar-refractivity contribution in [2.75, 3.05) is 45.2 Å². The highest BCUT2D eigenvalue weighted by atomic mass is 16.5. The SMILES string of the molecule is COc1cnccc1-c1ccc2[nH]c(Nc3cc(CN4CCN(C(=O)C5CCC5)CC4)ccn3)nc2c1OCC(C)C. The maximum absolute atomic E-state index is 12.6. The van der Waals surface area contributed by atoms with Gasteiger partial charge < -0.3 is 24.7 Å². The van der Waals surface area contributed by atoms with Gasteiger partial charge in [-0.15, -0.1) is 0 Å². The topological polar surface area (TPSA) is 109 Å². The summed E-state index contributed by atoms with van der Waals surface area (Å²) in [5, 5.41) is 3.35. The van der Waals surface area contributed by atoms with E-state index in [0.717, 1.165) is 73.3 Å². The molecule has 0 radical (unpaired) electrons. The number of aromatic nitrogens is 4. The zero-order valence-corrected chi connectivity index (χ0v) is 24.6. The molecule has 6 rings (SSSR count). The fourth-order valence-electron chi connectivity index (χ4n) is 5.54. The number of benzene rings is 1. The van der Waals surface area contributed by atoms with Gasteiger partial charge in [0.15, 0.2) is 5.75 Å². The molecule has 10 nitrogen and oxygen atoms in total. The third kappa shape index (κ3) is 6.04. The van der Waals surface area contributed by atoms with Crippen molar-refractivity contribution in [2.45, 2.75) is 39.7 Å². The fourth-order valence-corrected chi connectivity index (χ4v) is 5.54. The molecule has 1 aliphatic carbocycles. The second-order valence-electron chi connectivity index (χ2n) is 11.6. The van der Waals surface area contributed by atoms with E-state index in [0.29, 0.717) is 41.7 Å². The predicted molar refractivity (Wildman–Crippen MR) is 163 cm³/mol. The number of amides is 1. The van der Waals surface area contributed by atoms with Crippen LogP contribution < -0.4 is 14.8 Å². The summed E-state index contributed by atoms with van der Waals surface area (Å²) in [6, 6.07) is 10.1. The molecule has 42 heavy (non-hydrogen) atoms. The highest BCUT2D eigenvalue weighted by molar-refractivity contribution is 5.93. The van der Waals surface area contributed by atoms with Crippen molar-refractivity contribution in [1.82, 2.24) is 29.7 Å². The molecule has 0 bridgehead atoms. The quantitative estimate of drug-likeness (QED) is 0.267. The Morgan fingerprint density at radius 3 is 2.67 bits per heavy atom. The van der Waals surface area contributed by atoms with Gasteiger partial charge in [-0.25, -0.2) is 9.97 Å². The molecule has 4 heterocycles. The first-order valence-electron chi connectivity index (χ1n) is 14.9. The minimum atomic E-state index is 0.270. The monoisotopic (exact) mass is 569 g/mol. The number of nitrogens with one attached hydrogen (secondary N) is 2. The molecule has 0 spiro atoms. The molecule has 4 aromatic rings. The standard InChI is InChI=1S/C32H39N7O3/c1-21(2)20-42-30-25(24-10-11-33-18-27(24)41-3)7-8-26-29(30)37-32(35-26)36-28-17-22(9-12-34-28)19-38-13-15-39(16-14-38)31(40)23-5-4-6-23/h7-12,17-18,21,23H,4-6,13-16,19-20H2,1-3H3,(H2,34,35,36,37). The highest BCUT2D eigenvalue weighted by Crippen LogP contribution is 2.40. The van der Waals surface area contributed by atoms with Gasteiger partial charge >= 0.3 is 0 Å². The van der Waals surface area contributed by atoms with Gasteiger partial charge in [-0.1, -0.05) is 20.3 Å². The molecular weight excluding hydrogens is 530 g/mol. The zero-order chi connectivity index (χ0) is 29.1. The van der Waals surface area contributed by atoms with E-state index >= 15 is 0 Å². The Labute approximate surface area is 246 Å². The minimum Gasteiger partial charge on any atom is -0.494 e. The molecule has 2 aliphatic rings. The van der Waals surface area contributed by atoms with E-state index in [1.807, 2.05) is 30.5 Å². The van der Waals surface area contributed by atoms with Gasteiger partial charge in [-0.05, 0) is 54.7 Å². The molecule has 0 atom stereocenters. The van der Waals surface area contributed by atoms with Crippen LogP contribution in [0.1, 0.15) is 38.7 Å². The molecule has 1 saturated heterocycles. The molecule has 1 aliphatic heterocycles. The summed E-state index contributed by atoms with van der Waals surface area (Å²) in [5.41, 5.74) is 4.55. The summed E-state index contributed by atoms with van der Waals surface area (Å²) < 4.78 is 11.9. The third-order valence-corrected chi connectivity index (χ3v) is 8.08. The van der Waals surface area contributed by atoms with E-state index in [2.05, 4.69) is 50.0 Å². The van der Waals surface area contributed by atoms with Gasteiger partial charge in [0, 0.05) is 62.2 Å². The average molecular weight is 570 g/mol. The lowest BCUT2D eigenvalue weighted by Crippen LogP contribution is -2.50. The number of nitrogens with zero attached hydrogens (tertiary/aromatic N) is 5. The molecule has 3 aromatic heterocycles. The number of methoxy groups -OCH3 is 1. The number of hydrogen-bond acceptors (Lipinski definition) is 8. The minimum absolute atomic E-state index is 0.270. The maximum Gasteiger partial charge on any atom is 0.225 e. The van der Waals surface area contributed by atoms with Crippen LogP contribution in [0.3, 0.4) is 0 Å². The number of aromatic amines is 1. The average Bonchev–Trinajstić information content (AvgIpc) is 3.38. The van der Waals surface area contributed by atoms with Crippen LogP contribution >= 0.6 is 0 Å². The highest BCUT2D eigenvalue weighted by Gasteiger charge is 2.31. The molecule has 1 amide bonds. The number of carbonyl (C=O) groups is 1. The summed E-state index contributed by atoms with van der Waals surface area (Å²) in [5.74, 6) is 3.65. The number of anilines is 2. The van der Waals surface area contributed by atoms with E-state index in [1.165, 1.54) is 6.42 Å². The van der Waals surface area contributed by atoms with Crippen LogP contribution in [-0.4, -0.2) is 75.5 Å². The molecule has 0 unspecified atom stereocenters. The third-order valence-electron chi connectivity index (χ3n) is 8.08. The summed E-state index contributed by atoms with van der Waals surface area (Å²) in [7, 11) is 1.64. The van der Waals surface area contributed by atoms with Crippen LogP contribution in [0.15, 0.2) is 48.9 Å². The van der Waals surface area contributed by atoms with E-state index in [9.17, 15) is 4.79 Å². The fraction of sp³-hybridized carbons (Fsp3) is 0.438. The smallest absolute Gasteiger partial charge is 0.225 e. The van der Waals surface area contributed by atoms with Crippen LogP contribution in [0.25, 0.3) is 22.2 Å². The van der Waals surface area contributed by atoms with Gasteiger partial charge in [0.1, 0.15) is 17.1 Å². The zero-order valence-electron chi connectivity index (χ0n) is 24.6. The number of fused-ring (bicyclic) bond motifs is 1. The van der Waals surface area contributed by atoms with Crippen molar-refractivity contribution in [3.8, 4) is 22.6 Å².